The van der Waals surface area contributed by atoms with E-state index in [1.54, 1.807) is 0 Å². The van der Waals surface area contributed by atoms with Gasteiger partial charge in [-0.15, -0.1) is 0 Å². The molecule has 2 atom stereocenters. The first-order chi connectivity index (χ1) is 11.8. The van der Waals surface area contributed by atoms with E-state index in [-0.39, 0.29) is 12.1 Å². The SMILES string of the molecule is O=C(Nc1ncc(-c2ccccc2)s1)NC1CCN2CCCCC12. The van der Waals surface area contributed by atoms with Crippen molar-refractivity contribution in [3.63, 3.8) is 0 Å². The zero-order valence-corrected chi connectivity index (χ0v) is 14.4. The van der Waals surface area contributed by atoms with Gasteiger partial charge in [0.2, 0.25) is 0 Å². The van der Waals surface area contributed by atoms with Crippen LogP contribution in [0.15, 0.2) is 36.5 Å². The van der Waals surface area contributed by atoms with E-state index in [1.807, 2.05) is 36.5 Å². The summed E-state index contributed by atoms with van der Waals surface area (Å²) in [4.78, 5) is 20.2. The first-order valence-electron chi connectivity index (χ1n) is 8.62. The number of fused-ring (bicyclic) bond motifs is 1. The molecule has 2 aromatic rings. The average molecular weight is 342 g/mol. The summed E-state index contributed by atoms with van der Waals surface area (Å²) in [7, 11) is 0. The van der Waals surface area contributed by atoms with Crippen LogP contribution in [0.5, 0.6) is 0 Å². The van der Waals surface area contributed by atoms with Crippen molar-refractivity contribution in [1.29, 1.82) is 0 Å². The lowest BCUT2D eigenvalue weighted by molar-refractivity contribution is 0.180. The van der Waals surface area contributed by atoms with Crippen molar-refractivity contribution in [3.05, 3.63) is 36.5 Å². The Morgan fingerprint density at radius 3 is 2.92 bits per heavy atom. The summed E-state index contributed by atoms with van der Waals surface area (Å²) in [6, 6.07) is 10.7. The number of amides is 2. The van der Waals surface area contributed by atoms with Gasteiger partial charge in [0.1, 0.15) is 0 Å². The Hall–Kier alpha value is -1.92. The number of thiazole rings is 1. The second kappa shape index (κ2) is 6.91. The molecule has 0 bridgehead atoms. The molecule has 0 aliphatic carbocycles. The van der Waals surface area contributed by atoms with Gasteiger partial charge in [-0.25, -0.2) is 9.78 Å². The molecule has 0 radical (unpaired) electrons. The van der Waals surface area contributed by atoms with E-state index in [9.17, 15) is 4.79 Å². The Bertz CT molecular complexity index is 702. The number of benzene rings is 1. The monoisotopic (exact) mass is 342 g/mol. The number of hydrogen-bond donors (Lipinski definition) is 2. The predicted octanol–water partition coefficient (Wildman–Crippen LogP) is 3.56. The van der Waals surface area contributed by atoms with Gasteiger partial charge in [-0.3, -0.25) is 10.2 Å². The second-order valence-corrected chi connectivity index (χ2v) is 7.52. The van der Waals surface area contributed by atoms with Crippen molar-refractivity contribution < 1.29 is 4.79 Å². The minimum atomic E-state index is -0.138. The maximum Gasteiger partial charge on any atom is 0.321 e. The summed E-state index contributed by atoms with van der Waals surface area (Å²) in [5.74, 6) is 0. The molecule has 4 rings (SSSR count). The maximum absolute atomic E-state index is 12.3. The smallest absolute Gasteiger partial charge is 0.321 e. The molecule has 24 heavy (non-hydrogen) atoms. The number of carbonyl (C=O) groups excluding carboxylic acids is 1. The van der Waals surface area contributed by atoms with Crippen molar-refractivity contribution in [1.82, 2.24) is 15.2 Å². The number of piperidine rings is 1. The van der Waals surface area contributed by atoms with Crippen molar-refractivity contribution in [2.45, 2.75) is 37.8 Å². The van der Waals surface area contributed by atoms with Crippen molar-refractivity contribution in [2.24, 2.45) is 0 Å². The van der Waals surface area contributed by atoms with Crippen LogP contribution in [0.2, 0.25) is 0 Å². The Labute approximate surface area is 146 Å². The number of anilines is 1. The van der Waals surface area contributed by atoms with Gasteiger partial charge in [0, 0.05) is 24.8 Å². The Morgan fingerprint density at radius 2 is 2.04 bits per heavy atom. The molecule has 3 heterocycles. The van der Waals surface area contributed by atoms with Gasteiger partial charge in [0.15, 0.2) is 5.13 Å². The number of hydrogen-bond acceptors (Lipinski definition) is 4. The van der Waals surface area contributed by atoms with Gasteiger partial charge in [-0.2, -0.15) is 0 Å². The standard InChI is InChI=1S/C18H22N4OS/c23-17(20-14-9-11-22-10-5-4-8-15(14)22)21-18-19-12-16(24-18)13-6-2-1-3-7-13/h1-3,6-7,12,14-15H,4-5,8-11H2,(H2,19,20,21,23). The van der Waals surface area contributed by atoms with E-state index < -0.39 is 0 Å². The molecule has 2 saturated heterocycles. The third kappa shape index (κ3) is 3.30. The fourth-order valence-electron chi connectivity index (χ4n) is 3.79. The molecule has 1 aromatic carbocycles. The zero-order valence-electron chi connectivity index (χ0n) is 13.6. The fourth-order valence-corrected chi connectivity index (χ4v) is 4.60. The molecule has 0 saturated carbocycles. The van der Waals surface area contributed by atoms with E-state index in [2.05, 4.69) is 20.5 Å². The topological polar surface area (TPSA) is 57.3 Å². The van der Waals surface area contributed by atoms with Gasteiger partial charge < -0.3 is 5.32 Å². The van der Waals surface area contributed by atoms with Crippen LogP contribution in [0, 0.1) is 0 Å². The van der Waals surface area contributed by atoms with Crippen LogP contribution in [0.4, 0.5) is 9.93 Å². The molecular formula is C18H22N4OS. The summed E-state index contributed by atoms with van der Waals surface area (Å²) in [6.45, 7) is 2.28. The molecule has 2 unspecified atom stereocenters. The van der Waals surface area contributed by atoms with Gasteiger partial charge in [0.05, 0.1) is 4.88 Å². The summed E-state index contributed by atoms with van der Waals surface area (Å²) in [6.07, 6.45) is 6.62. The van der Waals surface area contributed by atoms with Crippen molar-refractivity contribution in [3.8, 4) is 10.4 Å². The van der Waals surface area contributed by atoms with E-state index in [4.69, 9.17) is 0 Å². The van der Waals surface area contributed by atoms with Crippen LogP contribution in [-0.2, 0) is 0 Å². The van der Waals surface area contributed by atoms with Crippen LogP contribution in [0.1, 0.15) is 25.7 Å². The number of nitrogens with one attached hydrogen (secondary N) is 2. The van der Waals surface area contributed by atoms with Crippen LogP contribution in [0.25, 0.3) is 10.4 Å². The molecule has 2 fully saturated rings. The Kier molecular flexibility index (Phi) is 4.49. The highest BCUT2D eigenvalue weighted by molar-refractivity contribution is 7.19. The minimum Gasteiger partial charge on any atom is -0.333 e. The molecule has 2 amide bonds. The lowest BCUT2D eigenvalue weighted by atomic mass is 9.99. The summed E-state index contributed by atoms with van der Waals surface area (Å²) >= 11 is 1.50. The number of nitrogens with zero attached hydrogens (tertiary/aromatic N) is 2. The normalized spacial score (nSPS) is 23.7. The Morgan fingerprint density at radius 1 is 1.17 bits per heavy atom. The van der Waals surface area contributed by atoms with E-state index in [0.29, 0.717) is 11.2 Å². The third-order valence-corrected chi connectivity index (χ3v) is 5.92. The van der Waals surface area contributed by atoms with Crippen LogP contribution < -0.4 is 10.6 Å². The minimum absolute atomic E-state index is 0.138. The van der Waals surface area contributed by atoms with Gasteiger partial charge in [-0.05, 0) is 31.4 Å². The van der Waals surface area contributed by atoms with E-state index in [0.717, 1.165) is 23.4 Å². The van der Waals surface area contributed by atoms with Crippen LogP contribution in [-0.4, -0.2) is 41.1 Å². The molecule has 2 aliphatic rings. The molecule has 0 spiro atoms. The largest absolute Gasteiger partial charge is 0.333 e. The van der Waals surface area contributed by atoms with Crippen LogP contribution in [0.3, 0.4) is 0 Å². The molecule has 2 aliphatic heterocycles. The van der Waals surface area contributed by atoms with E-state index >= 15 is 0 Å². The molecule has 6 heteroatoms. The fraction of sp³-hybridized carbons (Fsp3) is 0.444. The van der Waals surface area contributed by atoms with Gasteiger partial charge >= 0.3 is 6.03 Å². The Balaban J connectivity index is 1.36. The van der Waals surface area contributed by atoms with Crippen molar-refractivity contribution in [2.75, 3.05) is 18.4 Å². The molecule has 5 nitrogen and oxygen atoms in total. The highest BCUT2D eigenvalue weighted by Gasteiger charge is 2.36. The summed E-state index contributed by atoms with van der Waals surface area (Å²) in [5.41, 5.74) is 1.12. The van der Waals surface area contributed by atoms with Gasteiger partial charge in [-0.1, -0.05) is 48.1 Å². The molecule has 1 aromatic heterocycles. The zero-order chi connectivity index (χ0) is 16.4. The predicted molar refractivity (Wildman–Crippen MR) is 97.3 cm³/mol. The highest BCUT2D eigenvalue weighted by atomic mass is 32.1. The molecule has 126 valence electrons. The number of aromatic nitrogens is 1. The van der Waals surface area contributed by atoms with Gasteiger partial charge in [0.25, 0.3) is 0 Å². The number of urea groups is 1. The van der Waals surface area contributed by atoms with E-state index in [1.165, 1.54) is 37.1 Å². The molecular weight excluding hydrogens is 320 g/mol. The lowest BCUT2D eigenvalue weighted by Crippen LogP contribution is -2.47. The summed E-state index contributed by atoms with van der Waals surface area (Å²) < 4.78 is 0. The highest BCUT2D eigenvalue weighted by Crippen LogP contribution is 2.29. The first kappa shape index (κ1) is 15.6. The third-order valence-electron chi connectivity index (χ3n) is 4.96. The number of carbonyl (C=O) groups is 1. The van der Waals surface area contributed by atoms with Crippen LogP contribution >= 0.6 is 11.3 Å². The average Bonchev–Trinajstić information content (AvgIpc) is 3.23. The lowest BCUT2D eigenvalue weighted by Gasteiger charge is -2.32. The first-order valence-corrected chi connectivity index (χ1v) is 9.44. The second-order valence-electron chi connectivity index (χ2n) is 6.49. The van der Waals surface area contributed by atoms with Crippen molar-refractivity contribution >= 4 is 22.5 Å². The quantitative estimate of drug-likeness (QED) is 0.897. The maximum atomic E-state index is 12.3. The molecule has 2 N–H and O–H groups in total. The summed E-state index contributed by atoms with van der Waals surface area (Å²) in [5, 5.41) is 6.69. The number of rotatable bonds is 3.